The minimum atomic E-state index is 0.0378. The first-order valence-electron chi connectivity index (χ1n) is 6.73. The van der Waals surface area contributed by atoms with E-state index in [1.54, 1.807) is 0 Å². The summed E-state index contributed by atoms with van der Waals surface area (Å²) in [6.45, 7) is 9.90. The number of benzene rings is 1. The maximum absolute atomic E-state index is 5.84. The summed E-state index contributed by atoms with van der Waals surface area (Å²) in [5, 5.41) is 0. The van der Waals surface area contributed by atoms with Gasteiger partial charge in [0.05, 0.1) is 0 Å². The van der Waals surface area contributed by atoms with Crippen molar-refractivity contribution in [2.75, 3.05) is 26.2 Å². The van der Waals surface area contributed by atoms with Gasteiger partial charge in [0.1, 0.15) is 12.4 Å². The molecule has 0 aromatic heterocycles. The van der Waals surface area contributed by atoms with Gasteiger partial charge in [-0.15, -0.1) is 0 Å². The molecule has 18 heavy (non-hydrogen) atoms. The average Bonchev–Trinajstić information content (AvgIpc) is 2.39. The number of hydrogen-bond acceptors (Lipinski definition) is 3. The Balaban J connectivity index is 2.43. The van der Waals surface area contributed by atoms with Gasteiger partial charge in [-0.2, -0.15) is 0 Å². The highest BCUT2D eigenvalue weighted by atomic mass is 16.5. The summed E-state index contributed by atoms with van der Waals surface area (Å²) in [5.41, 5.74) is 5.88. The van der Waals surface area contributed by atoms with Gasteiger partial charge in [0.2, 0.25) is 0 Å². The molecule has 0 fully saturated rings. The number of ether oxygens (including phenoxy) is 1. The Bertz CT molecular complexity index is 325. The van der Waals surface area contributed by atoms with Crippen LogP contribution in [0.25, 0.3) is 0 Å². The summed E-state index contributed by atoms with van der Waals surface area (Å²) < 4.78 is 5.74. The van der Waals surface area contributed by atoms with Crippen LogP contribution < -0.4 is 10.5 Å². The van der Waals surface area contributed by atoms with Gasteiger partial charge in [-0.1, -0.05) is 25.1 Å². The zero-order valence-electron chi connectivity index (χ0n) is 11.9. The fraction of sp³-hybridized carbons (Fsp3) is 0.600. The molecule has 0 spiro atoms. The summed E-state index contributed by atoms with van der Waals surface area (Å²) in [7, 11) is 0. The Kier molecular flexibility index (Phi) is 6.16. The summed E-state index contributed by atoms with van der Waals surface area (Å²) in [6, 6.07) is 9.94. The van der Waals surface area contributed by atoms with E-state index in [0.717, 1.165) is 25.3 Å². The Labute approximate surface area is 111 Å². The van der Waals surface area contributed by atoms with Crippen LogP contribution in [0.4, 0.5) is 0 Å². The molecule has 0 aliphatic rings. The number of nitrogens with zero attached hydrogens (tertiary/aromatic N) is 1. The van der Waals surface area contributed by atoms with Crippen LogP contribution in [-0.2, 0) is 0 Å². The minimum absolute atomic E-state index is 0.0378. The summed E-state index contributed by atoms with van der Waals surface area (Å²) in [5.74, 6) is 0.930. The maximum Gasteiger partial charge on any atom is 0.119 e. The van der Waals surface area contributed by atoms with Crippen LogP contribution in [-0.4, -0.2) is 36.7 Å². The maximum atomic E-state index is 5.84. The zero-order valence-corrected chi connectivity index (χ0v) is 11.9. The van der Waals surface area contributed by atoms with Crippen LogP contribution in [0.3, 0.4) is 0 Å². The van der Waals surface area contributed by atoms with Crippen molar-refractivity contribution < 1.29 is 4.74 Å². The molecule has 0 aliphatic carbocycles. The number of para-hydroxylation sites is 1. The molecule has 1 rings (SSSR count). The Hall–Kier alpha value is -1.06. The lowest BCUT2D eigenvalue weighted by atomic mass is 10.0. The highest BCUT2D eigenvalue weighted by Gasteiger charge is 2.23. The molecule has 0 heterocycles. The Morgan fingerprint density at radius 2 is 1.83 bits per heavy atom. The number of hydrogen-bond donors (Lipinski definition) is 1. The predicted octanol–water partition coefficient (Wildman–Crippen LogP) is 2.51. The van der Waals surface area contributed by atoms with Crippen LogP contribution in [0, 0.1) is 0 Å². The van der Waals surface area contributed by atoms with Gasteiger partial charge in [0.25, 0.3) is 0 Å². The van der Waals surface area contributed by atoms with Gasteiger partial charge < -0.3 is 10.5 Å². The van der Waals surface area contributed by atoms with Crippen molar-refractivity contribution in [3.8, 4) is 5.75 Å². The van der Waals surface area contributed by atoms with Gasteiger partial charge in [0.15, 0.2) is 0 Å². The summed E-state index contributed by atoms with van der Waals surface area (Å²) in [4.78, 5) is 2.40. The average molecular weight is 250 g/mol. The Morgan fingerprint density at radius 3 is 2.39 bits per heavy atom. The van der Waals surface area contributed by atoms with E-state index in [0.29, 0.717) is 13.2 Å². The van der Waals surface area contributed by atoms with Crippen molar-refractivity contribution in [1.82, 2.24) is 4.90 Å². The monoisotopic (exact) mass is 250 g/mol. The molecule has 1 aromatic carbocycles. The van der Waals surface area contributed by atoms with Gasteiger partial charge in [-0.25, -0.2) is 0 Å². The molecule has 3 heteroatoms. The lowest BCUT2D eigenvalue weighted by molar-refractivity contribution is 0.104. The fourth-order valence-electron chi connectivity index (χ4n) is 1.91. The van der Waals surface area contributed by atoms with Gasteiger partial charge in [-0.05, 0) is 38.9 Å². The summed E-state index contributed by atoms with van der Waals surface area (Å²) >= 11 is 0. The molecule has 0 amide bonds. The van der Waals surface area contributed by atoms with Crippen molar-refractivity contribution >= 4 is 0 Å². The molecular weight excluding hydrogens is 224 g/mol. The van der Waals surface area contributed by atoms with Crippen molar-refractivity contribution in [3.63, 3.8) is 0 Å². The van der Waals surface area contributed by atoms with Gasteiger partial charge >= 0.3 is 0 Å². The van der Waals surface area contributed by atoms with E-state index in [1.807, 2.05) is 30.3 Å². The quantitative estimate of drug-likeness (QED) is 0.770. The lowest BCUT2D eigenvalue weighted by Gasteiger charge is -2.37. The first-order chi connectivity index (χ1) is 8.60. The molecule has 0 saturated heterocycles. The topological polar surface area (TPSA) is 38.5 Å². The second-order valence-corrected chi connectivity index (χ2v) is 5.17. The normalized spacial score (nSPS) is 11.8. The van der Waals surface area contributed by atoms with E-state index in [-0.39, 0.29) is 5.54 Å². The molecule has 1 aromatic rings. The molecule has 0 radical (unpaired) electrons. The van der Waals surface area contributed by atoms with E-state index in [1.165, 1.54) is 0 Å². The van der Waals surface area contributed by atoms with Crippen molar-refractivity contribution in [3.05, 3.63) is 30.3 Å². The second kappa shape index (κ2) is 7.39. The van der Waals surface area contributed by atoms with E-state index < -0.39 is 0 Å². The van der Waals surface area contributed by atoms with E-state index >= 15 is 0 Å². The van der Waals surface area contributed by atoms with Gasteiger partial charge in [-0.3, -0.25) is 4.90 Å². The van der Waals surface area contributed by atoms with Crippen LogP contribution in [0.2, 0.25) is 0 Å². The zero-order chi connectivity index (χ0) is 13.4. The van der Waals surface area contributed by atoms with Crippen LogP contribution in [0.15, 0.2) is 30.3 Å². The van der Waals surface area contributed by atoms with E-state index in [2.05, 4.69) is 25.7 Å². The number of nitrogens with two attached hydrogens (primary N) is 1. The molecule has 0 atom stereocenters. The van der Waals surface area contributed by atoms with E-state index in [9.17, 15) is 0 Å². The van der Waals surface area contributed by atoms with Crippen molar-refractivity contribution in [1.29, 1.82) is 0 Å². The smallest absolute Gasteiger partial charge is 0.119 e. The summed E-state index contributed by atoms with van der Waals surface area (Å²) in [6.07, 6.45) is 1.13. The molecule has 0 bridgehead atoms. The predicted molar refractivity (Wildman–Crippen MR) is 76.9 cm³/mol. The molecule has 0 aliphatic heterocycles. The third-order valence-corrected chi connectivity index (χ3v) is 3.22. The van der Waals surface area contributed by atoms with E-state index in [4.69, 9.17) is 10.5 Å². The van der Waals surface area contributed by atoms with Crippen LogP contribution >= 0.6 is 0 Å². The molecule has 2 N–H and O–H groups in total. The SMILES string of the molecule is CCCN(CCOc1ccccc1)C(C)(C)CN. The Morgan fingerprint density at radius 1 is 1.17 bits per heavy atom. The fourth-order valence-corrected chi connectivity index (χ4v) is 1.91. The lowest BCUT2D eigenvalue weighted by Crippen LogP contribution is -2.51. The highest BCUT2D eigenvalue weighted by Crippen LogP contribution is 2.14. The standard InChI is InChI=1S/C15H26N2O/c1-4-10-17(15(2,3)13-16)11-12-18-14-8-6-5-7-9-14/h5-9H,4,10-13,16H2,1-3H3. The first kappa shape index (κ1) is 15.0. The highest BCUT2D eigenvalue weighted by molar-refractivity contribution is 5.20. The molecule has 0 unspecified atom stereocenters. The molecule has 0 saturated carbocycles. The largest absolute Gasteiger partial charge is 0.492 e. The van der Waals surface area contributed by atoms with Crippen molar-refractivity contribution in [2.45, 2.75) is 32.7 Å². The molecule has 3 nitrogen and oxygen atoms in total. The minimum Gasteiger partial charge on any atom is -0.492 e. The molecule has 102 valence electrons. The number of rotatable bonds is 8. The second-order valence-electron chi connectivity index (χ2n) is 5.17. The van der Waals surface area contributed by atoms with Crippen LogP contribution in [0.1, 0.15) is 27.2 Å². The van der Waals surface area contributed by atoms with Crippen LogP contribution in [0.5, 0.6) is 5.75 Å². The van der Waals surface area contributed by atoms with Gasteiger partial charge in [0, 0.05) is 18.6 Å². The molecular formula is C15H26N2O. The third-order valence-electron chi connectivity index (χ3n) is 3.22. The first-order valence-corrected chi connectivity index (χ1v) is 6.73. The third kappa shape index (κ3) is 4.67. The van der Waals surface area contributed by atoms with Crippen molar-refractivity contribution in [2.24, 2.45) is 5.73 Å².